The standard InChI is InChI=1S/C20H34O5/c1-10-13-5-4-12-11(9-21)7-19(13,17(12)24)8-16(23)20(25)14(10)6-15(22)18(20,2)3/h10-17,21-25H,4-9H2,1-3H3/t10-,11+,12-,13-,14-,15-,16+,17+,19+,20-/m0/s1. The van der Waals surface area contributed by atoms with Gasteiger partial charge >= 0.3 is 0 Å². The van der Waals surface area contributed by atoms with Gasteiger partial charge in [0.15, 0.2) is 0 Å². The highest BCUT2D eigenvalue weighted by Crippen LogP contribution is 2.68. The lowest BCUT2D eigenvalue weighted by Gasteiger charge is -2.47. The van der Waals surface area contributed by atoms with Gasteiger partial charge < -0.3 is 25.5 Å². The molecule has 0 aromatic rings. The summed E-state index contributed by atoms with van der Waals surface area (Å²) < 4.78 is 0. The molecule has 0 heterocycles. The Balaban J connectivity index is 1.80. The molecule has 1 spiro atoms. The summed E-state index contributed by atoms with van der Waals surface area (Å²) >= 11 is 0. The quantitative estimate of drug-likeness (QED) is 0.482. The van der Waals surface area contributed by atoms with E-state index in [-0.39, 0.29) is 36.2 Å². The first-order chi connectivity index (χ1) is 11.6. The van der Waals surface area contributed by atoms with Crippen LogP contribution in [0, 0.1) is 40.4 Å². The number of aliphatic hydroxyl groups is 5. The molecule has 0 aromatic carbocycles. The molecule has 0 radical (unpaired) electrons. The van der Waals surface area contributed by atoms with E-state index in [9.17, 15) is 25.5 Å². The molecule has 0 amide bonds. The van der Waals surface area contributed by atoms with E-state index in [0.29, 0.717) is 12.8 Å². The Bertz CT molecular complexity index is 550. The molecular weight excluding hydrogens is 320 g/mol. The molecule has 4 saturated carbocycles. The number of rotatable bonds is 1. The first-order valence-corrected chi connectivity index (χ1v) is 9.98. The van der Waals surface area contributed by atoms with Crippen LogP contribution in [0.3, 0.4) is 0 Å². The topological polar surface area (TPSA) is 101 Å². The summed E-state index contributed by atoms with van der Waals surface area (Å²) in [5, 5.41) is 54.4. The maximum Gasteiger partial charge on any atom is 0.101 e. The Morgan fingerprint density at radius 2 is 1.64 bits per heavy atom. The lowest BCUT2D eigenvalue weighted by atomic mass is 9.59. The van der Waals surface area contributed by atoms with Crippen molar-refractivity contribution in [3.63, 3.8) is 0 Å². The average molecular weight is 354 g/mol. The van der Waals surface area contributed by atoms with Crippen LogP contribution in [0.25, 0.3) is 0 Å². The molecule has 0 aliphatic heterocycles. The second-order valence-corrected chi connectivity index (χ2v) is 10.2. The van der Waals surface area contributed by atoms with Gasteiger partial charge in [0.05, 0.1) is 18.3 Å². The summed E-state index contributed by atoms with van der Waals surface area (Å²) in [5.74, 6) is 0.350. The van der Waals surface area contributed by atoms with Gasteiger partial charge in [-0.25, -0.2) is 0 Å². The molecule has 4 aliphatic carbocycles. The molecule has 0 saturated heterocycles. The maximum absolute atomic E-state index is 11.7. The SMILES string of the molecule is C[C@H]1[C@@H]2CC[C@H]3[C@@H](CO)C[C@]2(C[C@@H](O)[C@@]2(O)[C@H]1C[C@H](O)C2(C)C)[C@@H]3O. The highest BCUT2D eigenvalue weighted by molar-refractivity contribution is 5.20. The molecule has 4 rings (SSSR count). The minimum absolute atomic E-state index is 0.0819. The summed E-state index contributed by atoms with van der Waals surface area (Å²) in [5.41, 5.74) is -2.55. The Morgan fingerprint density at radius 3 is 2.28 bits per heavy atom. The molecule has 25 heavy (non-hydrogen) atoms. The zero-order valence-electron chi connectivity index (χ0n) is 15.6. The lowest BCUT2D eigenvalue weighted by molar-refractivity contribution is -0.178. The molecular formula is C20H34O5. The van der Waals surface area contributed by atoms with E-state index in [1.54, 1.807) is 0 Å². The molecule has 0 aromatic heterocycles. The fraction of sp³-hybridized carbons (Fsp3) is 1.00. The van der Waals surface area contributed by atoms with Crippen molar-refractivity contribution in [2.75, 3.05) is 6.61 Å². The largest absolute Gasteiger partial charge is 0.396 e. The summed E-state index contributed by atoms with van der Waals surface area (Å²) in [6, 6.07) is 0. The van der Waals surface area contributed by atoms with E-state index >= 15 is 0 Å². The van der Waals surface area contributed by atoms with Crippen LogP contribution in [0.1, 0.15) is 52.9 Å². The van der Waals surface area contributed by atoms with Crippen molar-refractivity contribution in [1.29, 1.82) is 0 Å². The first kappa shape index (κ1) is 18.2. The number of aliphatic hydroxyl groups excluding tert-OH is 4. The minimum Gasteiger partial charge on any atom is -0.396 e. The molecule has 5 nitrogen and oxygen atoms in total. The third kappa shape index (κ3) is 1.97. The monoisotopic (exact) mass is 354 g/mol. The van der Waals surface area contributed by atoms with Gasteiger partial charge in [0.25, 0.3) is 0 Å². The van der Waals surface area contributed by atoms with E-state index in [0.717, 1.165) is 19.3 Å². The van der Waals surface area contributed by atoms with Crippen molar-refractivity contribution in [3.05, 3.63) is 0 Å². The van der Waals surface area contributed by atoms with E-state index < -0.39 is 34.7 Å². The van der Waals surface area contributed by atoms with Gasteiger partial charge in [0.2, 0.25) is 0 Å². The van der Waals surface area contributed by atoms with Crippen molar-refractivity contribution < 1.29 is 25.5 Å². The molecule has 10 atom stereocenters. The predicted octanol–water partition coefficient (Wildman–Crippen LogP) is 0.911. The Kier molecular flexibility index (Phi) is 3.94. The number of hydrogen-bond acceptors (Lipinski definition) is 5. The van der Waals surface area contributed by atoms with Crippen molar-refractivity contribution in [3.8, 4) is 0 Å². The smallest absolute Gasteiger partial charge is 0.101 e. The number of hydrogen-bond donors (Lipinski definition) is 5. The van der Waals surface area contributed by atoms with Gasteiger partial charge in [-0.1, -0.05) is 20.8 Å². The molecule has 5 heteroatoms. The van der Waals surface area contributed by atoms with Crippen LogP contribution >= 0.6 is 0 Å². The molecule has 4 fully saturated rings. The van der Waals surface area contributed by atoms with Crippen molar-refractivity contribution >= 4 is 0 Å². The van der Waals surface area contributed by atoms with Crippen molar-refractivity contribution in [2.45, 2.75) is 76.8 Å². The second-order valence-electron chi connectivity index (χ2n) is 10.2. The minimum atomic E-state index is -1.34. The van der Waals surface area contributed by atoms with E-state index in [2.05, 4.69) is 6.92 Å². The van der Waals surface area contributed by atoms with Crippen LogP contribution in [0.5, 0.6) is 0 Å². The zero-order valence-corrected chi connectivity index (χ0v) is 15.6. The molecule has 0 unspecified atom stereocenters. The van der Waals surface area contributed by atoms with Gasteiger partial charge in [-0.3, -0.25) is 0 Å². The fourth-order valence-electron chi connectivity index (χ4n) is 7.76. The number of fused-ring (bicyclic) bond motifs is 2. The fourth-order valence-corrected chi connectivity index (χ4v) is 7.76. The Hall–Kier alpha value is -0.200. The van der Waals surface area contributed by atoms with Gasteiger partial charge in [-0.2, -0.15) is 0 Å². The van der Waals surface area contributed by atoms with Gasteiger partial charge in [0, 0.05) is 17.4 Å². The molecule has 144 valence electrons. The molecule has 5 N–H and O–H groups in total. The maximum atomic E-state index is 11.7. The van der Waals surface area contributed by atoms with E-state index in [4.69, 9.17) is 0 Å². The van der Waals surface area contributed by atoms with E-state index in [1.165, 1.54) is 0 Å². The van der Waals surface area contributed by atoms with Gasteiger partial charge in [-0.15, -0.1) is 0 Å². The van der Waals surface area contributed by atoms with Crippen LogP contribution in [0.4, 0.5) is 0 Å². The van der Waals surface area contributed by atoms with Crippen LogP contribution in [0.2, 0.25) is 0 Å². The predicted molar refractivity (Wildman–Crippen MR) is 92.5 cm³/mol. The summed E-state index contributed by atoms with van der Waals surface area (Å²) in [7, 11) is 0. The average Bonchev–Trinajstić information content (AvgIpc) is 2.81. The highest BCUT2D eigenvalue weighted by atomic mass is 16.4. The van der Waals surface area contributed by atoms with Crippen molar-refractivity contribution in [2.24, 2.45) is 40.4 Å². The second kappa shape index (κ2) is 5.41. The van der Waals surface area contributed by atoms with Gasteiger partial charge in [0.1, 0.15) is 5.60 Å². The van der Waals surface area contributed by atoms with E-state index in [1.807, 2.05) is 13.8 Å². The molecule has 4 aliphatic rings. The van der Waals surface area contributed by atoms with Crippen LogP contribution in [0.15, 0.2) is 0 Å². The Morgan fingerprint density at radius 1 is 0.960 bits per heavy atom. The van der Waals surface area contributed by atoms with Crippen LogP contribution < -0.4 is 0 Å². The van der Waals surface area contributed by atoms with Gasteiger partial charge in [-0.05, 0) is 61.7 Å². The summed E-state index contributed by atoms with van der Waals surface area (Å²) in [4.78, 5) is 0. The Labute approximate surface area is 150 Å². The molecule has 2 bridgehead atoms. The third-order valence-corrected chi connectivity index (χ3v) is 9.28. The lowest BCUT2D eigenvalue weighted by Crippen LogP contribution is -2.57. The highest BCUT2D eigenvalue weighted by Gasteiger charge is 2.71. The zero-order chi connectivity index (χ0) is 18.4. The third-order valence-electron chi connectivity index (χ3n) is 9.28. The van der Waals surface area contributed by atoms with Crippen molar-refractivity contribution in [1.82, 2.24) is 0 Å². The first-order valence-electron chi connectivity index (χ1n) is 9.98. The normalized spacial score (nSPS) is 60.0. The van der Waals surface area contributed by atoms with Crippen LogP contribution in [-0.4, -0.2) is 56.1 Å². The summed E-state index contributed by atoms with van der Waals surface area (Å²) in [6.45, 7) is 5.92. The summed E-state index contributed by atoms with van der Waals surface area (Å²) in [6.07, 6.45) is 1.33. The van der Waals surface area contributed by atoms with Crippen LogP contribution in [-0.2, 0) is 0 Å².